The number of aliphatic hydroxyl groups excluding tert-OH is 1. The Balaban J connectivity index is 1.91. The van der Waals surface area contributed by atoms with E-state index in [1.165, 1.54) is 5.39 Å². The predicted octanol–water partition coefficient (Wildman–Crippen LogP) is 3.75. The fourth-order valence-electron chi connectivity index (χ4n) is 2.55. The Kier molecular flexibility index (Phi) is 3.91. The summed E-state index contributed by atoms with van der Waals surface area (Å²) in [7, 11) is 0. The van der Waals surface area contributed by atoms with Gasteiger partial charge in [0.15, 0.2) is 0 Å². The maximum atomic E-state index is 9.50. The van der Waals surface area contributed by atoms with Crippen LogP contribution in [0.5, 0.6) is 0 Å². The molecule has 0 saturated carbocycles. The van der Waals surface area contributed by atoms with Crippen molar-refractivity contribution in [3.63, 3.8) is 0 Å². The van der Waals surface area contributed by atoms with Crippen molar-refractivity contribution in [1.82, 2.24) is 4.98 Å². The van der Waals surface area contributed by atoms with Gasteiger partial charge in [-0.3, -0.25) is 4.98 Å². The van der Waals surface area contributed by atoms with Gasteiger partial charge in [-0.15, -0.1) is 6.42 Å². The molecule has 1 N–H and O–H groups in total. The highest BCUT2D eigenvalue weighted by atomic mass is 16.3. The molecule has 1 atom stereocenters. The second-order valence-electron chi connectivity index (χ2n) is 5.47. The predicted molar refractivity (Wildman–Crippen MR) is 90.5 cm³/mol. The number of aliphatic hydroxyl groups is 1. The number of pyridine rings is 1. The summed E-state index contributed by atoms with van der Waals surface area (Å²) in [5.41, 5.74) is 4.35. The summed E-state index contributed by atoms with van der Waals surface area (Å²) in [5, 5.41) is 11.8. The van der Waals surface area contributed by atoms with E-state index in [1.54, 1.807) is 0 Å². The van der Waals surface area contributed by atoms with Crippen LogP contribution in [0.25, 0.3) is 21.9 Å². The first-order valence-corrected chi connectivity index (χ1v) is 7.25. The lowest BCUT2D eigenvalue weighted by molar-refractivity contribution is 0.233. The normalized spacial score (nSPS) is 12.0. The van der Waals surface area contributed by atoms with Gasteiger partial charge < -0.3 is 5.11 Å². The zero-order valence-corrected chi connectivity index (χ0v) is 12.5. The lowest BCUT2D eigenvalue weighted by Gasteiger charge is -2.07. The fourth-order valence-corrected chi connectivity index (χ4v) is 2.55. The molecule has 22 heavy (non-hydrogen) atoms. The third kappa shape index (κ3) is 3.00. The Morgan fingerprint density at radius 3 is 2.50 bits per heavy atom. The zero-order chi connectivity index (χ0) is 15.5. The molecular weight excluding hydrogens is 270 g/mol. The minimum atomic E-state index is -0.721. The molecule has 2 aromatic carbocycles. The number of hydrogen-bond donors (Lipinski definition) is 1. The van der Waals surface area contributed by atoms with Gasteiger partial charge in [0.1, 0.15) is 6.10 Å². The van der Waals surface area contributed by atoms with Gasteiger partial charge in [-0.1, -0.05) is 42.3 Å². The van der Waals surface area contributed by atoms with E-state index in [4.69, 9.17) is 6.42 Å². The molecule has 108 valence electrons. The molecule has 0 aliphatic carbocycles. The molecule has 0 aliphatic rings. The van der Waals surface area contributed by atoms with Crippen molar-refractivity contribution in [1.29, 1.82) is 0 Å². The molecule has 0 saturated heterocycles. The number of aryl methyl sites for hydroxylation is 1. The third-order valence-corrected chi connectivity index (χ3v) is 3.77. The van der Waals surface area contributed by atoms with Crippen LogP contribution in [0.1, 0.15) is 11.3 Å². The Morgan fingerprint density at radius 1 is 1.05 bits per heavy atom. The van der Waals surface area contributed by atoms with E-state index in [0.717, 1.165) is 27.8 Å². The van der Waals surface area contributed by atoms with E-state index >= 15 is 0 Å². The Bertz CT molecular complexity index is 844. The lowest BCUT2D eigenvalue weighted by atomic mass is 9.99. The summed E-state index contributed by atoms with van der Waals surface area (Å²) in [6.07, 6.45) is 6.87. The molecule has 0 amide bonds. The second kappa shape index (κ2) is 6.01. The number of rotatable bonds is 3. The quantitative estimate of drug-likeness (QED) is 0.744. The first-order valence-electron chi connectivity index (χ1n) is 7.25. The fraction of sp³-hybridized carbons (Fsp3) is 0.150. The number of hydrogen-bond acceptors (Lipinski definition) is 2. The summed E-state index contributed by atoms with van der Waals surface area (Å²) in [4.78, 5) is 4.35. The van der Waals surface area contributed by atoms with E-state index in [0.29, 0.717) is 6.42 Å². The van der Waals surface area contributed by atoms with Crippen molar-refractivity contribution in [2.45, 2.75) is 19.4 Å². The van der Waals surface area contributed by atoms with Crippen LogP contribution < -0.4 is 0 Å². The van der Waals surface area contributed by atoms with Crippen LogP contribution in [0, 0.1) is 19.3 Å². The number of fused-ring (bicyclic) bond motifs is 1. The molecule has 2 heteroatoms. The van der Waals surface area contributed by atoms with Crippen LogP contribution in [0.4, 0.5) is 0 Å². The lowest BCUT2D eigenvalue weighted by Crippen LogP contribution is -2.06. The van der Waals surface area contributed by atoms with Gasteiger partial charge in [-0.05, 0) is 41.1 Å². The van der Waals surface area contributed by atoms with Crippen molar-refractivity contribution in [3.8, 4) is 23.5 Å². The van der Waals surface area contributed by atoms with Crippen molar-refractivity contribution < 1.29 is 5.11 Å². The van der Waals surface area contributed by atoms with E-state index < -0.39 is 6.10 Å². The largest absolute Gasteiger partial charge is 0.380 e. The zero-order valence-electron chi connectivity index (χ0n) is 12.5. The summed E-state index contributed by atoms with van der Waals surface area (Å²) < 4.78 is 0. The Hall–Kier alpha value is -2.63. The van der Waals surface area contributed by atoms with Gasteiger partial charge in [0.05, 0.1) is 0 Å². The smallest absolute Gasteiger partial charge is 0.118 e. The topological polar surface area (TPSA) is 33.1 Å². The van der Waals surface area contributed by atoms with Crippen molar-refractivity contribution in [2.24, 2.45) is 0 Å². The maximum Gasteiger partial charge on any atom is 0.118 e. The standard InChI is InChI=1S/C20H17NO/c1-3-20(22)11-15-4-6-16(7-5-15)18-9-8-17-10-14(2)21-13-19(17)12-18/h1,4-10,12-13,20,22H,11H2,2H3. The average Bonchev–Trinajstić information content (AvgIpc) is 2.55. The van der Waals surface area contributed by atoms with Crippen molar-refractivity contribution in [2.75, 3.05) is 0 Å². The van der Waals surface area contributed by atoms with Gasteiger partial charge in [0.2, 0.25) is 0 Å². The Labute approximate surface area is 130 Å². The van der Waals surface area contributed by atoms with Crippen LogP contribution in [0.3, 0.4) is 0 Å². The van der Waals surface area contributed by atoms with Crippen LogP contribution in [-0.2, 0) is 6.42 Å². The van der Waals surface area contributed by atoms with Gasteiger partial charge in [0.25, 0.3) is 0 Å². The minimum Gasteiger partial charge on any atom is -0.380 e. The summed E-state index contributed by atoms with van der Waals surface area (Å²) in [5.74, 6) is 2.33. The summed E-state index contributed by atoms with van der Waals surface area (Å²) in [6.45, 7) is 2.00. The average molecular weight is 287 g/mol. The molecule has 3 rings (SSSR count). The SMILES string of the molecule is C#CC(O)Cc1ccc(-c2ccc3cc(C)ncc3c2)cc1. The van der Waals surface area contributed by atoms with E-state index in [9.17, 15) is 5.11 Å². The molecule has 1 aromatic heterocycles. The van der Waals surface area contributed by atoms with Crippen molar-refractivity contribution in [3.05, 3.63) is 66.0 Å². The van der Waals surface area contributed by atoms with Gasteiger partial charge in [0, 0.05) is 23.7 Å². The molecule has 0 aliphatic heterocycles. The van der Waals surface area contributed by atoms with E-state index in [1.807, 2.05) is 25.3 Å². The summed E-state index contributed by atoms with van der Waals surface area (Å²) >= 11 is 0. The highest BCUT2D eigenvalue weighted by Gasteiger charge is 2.04. The number of nitrogens with zero attached hydrogens (tertiary/aromatic N) is 1. The molecule has 2 nitrogen and oxygen atoms in total. The summed E-state index contributed by atoms with van der Waals surface area (Å²) in [6, 6.07) is 16.6. The van der Waals surface area contributed by atoms with Gasteiger partial charge in [-0.2, -0.15) is 0 Å². The van der Waals surface area contributed by atoms with Crippen LogP contribution in [-0.4, -0.2) is 16.2 Å². The number of aromatic nitrogens is 1. The maximum absolute atomic E-state index is 9.50. The molecule has 1 heterocycles. The molecule has 0 radical (unpaired) electrons. The monoisotopic (exact) mass is 287 g/mol. The number of benzene rings is 2. The van der Waals surface area contributed by atoms with Crippen LogP contribution in [0.15, 0.2) is 54.7 Å². The first-order chi connectivity index (χ1) is 10.7. The molecule has 0 bridgehead atoms. The molecule has 0 spiro atoms. The molecule has 3 aromatic rings. The third-order valence-electron chi connectivity index (χ3n) is 3.77. The van der Waals surface area contributed by atoms with E-state index in [2.05, 4.69) is 47.3 Å². The minimum absolute atomic E-state index is 0.484. The van der Waals surface area contributed by atoms with Gasteiger partial charge >= 0.3 is 0 Å². The first kappa shape index (κ1) is 14.3. The highest BCUT2D eigenvalue weighted by molar-refractivity contribution is 5.86. The van der Waals surface area contributed by atoms with Gasteiger partial charge in [-0.25, -0.2) is 0 Å². The Morgan fingerprint density at radius 2 is 1.77 bits per heavy atom. The number of terminal acetylenes is 1. The highest BCUT2D eigenvalue weighted by Crippen LogP contribution is 2.25. The van der Waals surface area contributed by atoms with E-state index in [-0.39, 0.29) is 0 Å². The van der Waals surface area contributed by atoms with Crippen LogP contribution >= 0.6 is 0 Å². The second-order valence-corrected chi connectivity index (χ2v) is 5.47. The molecular formula is C20H17NO. The molecule has 1 unspecified atom stereocenters. The van der Waals surface area contributed by atoms with Crippen LogP contribution in [0.2, 0.25) is 0 Å². The van der Waals surface area contributed by atoms with Crippen molar-refractivity contribution >= 4 is 10.8 Å². The molecule has 0 fully saturated rings.